The van der Waals surface area contributed by atoms with Gasteiger partial charge < -0.3 is 9.80 Å². The van der Waals surface area contributed by atoms with E-state index in [0.29, 0.717) is 25.2 Å². The minimum atomic E-state index is -0.423. The van der Waals surface area contributed by atoms with Gasteiger partial charge in [0.15, 0.2) is 0 Å². The molecule has 0 unspecified atom stereocenters. The number of likely N-dealkylation sites (tertiary alicyclic amines) is 1. The fraction of sp³-hybridized carbons (Fsp3) is 0.414. The Kier molecular flexibility index (Phi) is 6.71. The zero-order valence-electron chi connectivity index (χ0n) is 20.5. The molecule has 0 radical (unpaired) electrons. The Bertz CT molecular complexity index is 1150. The van der Waals surface area contributed by atoms with Crippen LogP contribution in [0.15, 0.2) is 66.9 Å². The van der Waals surface area contributed by atoms with Crippen LogP contribution in [0.2, 0.25) is 0 Å². The molecule has 2 heterocycles. The van der Waals surface area contributed by atoms with Crippen LogP contribution < -0.4 is 4.90 Å². The Labute approximate surface area is 207 Å². The molecule has 6 heteroatoms. The number of hydrogen-bond acceptors (Lipinski definition) is 3. The van der Waals surface area contributed by atoms with Gasteiger partial charge in [-0.1, -0.05) is 67.8 Å². The van der Waals surface area contributed by atoms with Crippen LogP contribution in [0.4, 0.5) is 5.69 Å². The fourth-order valence-corrected chi connectivity index (χ4v) is 6.00. The molecule has 1 N–H and O–H groups in total. The maximum Gasteiger partial charge on any atom is 0.261 e. The van der Waals surface area contributed by atoms with E-state index < -0.39 is 5.41 Å². The third kappa shape index (κ3) is 4.38. The summed E-state index contributed by atoms with van der Waals surface area (Å²) < 4.78 is 0. The van der Waals surface area contributed by atoms with Gasteiger partial charge in [-0.05, 0) is 43.9 Å². The monoisotopic (exact) mass is 470 g/mol. The molecule has 3 aromatic rings. The lowest BCUT2D eigenvalue weighted by Crippen LogP contribution is -2.47. The highest BCUT2D eigenvalue weighted by molar-refractivity contribution is 6.06. The minimum absolute atomic E-state index is 0.0553. The molecule has 1 aliphatic carbocycles. The van der Waals surface area contributed by atoms with E-state index in [4.69, 9.17) is 0 Å². The largest absolute Gasteiger partial charge is 0.341 e. The average Bonchev–Trinajstić information content (AvgIpc) is 3.60. The van der Waals surface area contributed by atoms with Crippen molar-refractivity contribution in [1.29, 1.82) is 0 Å². The molecular formula is C29H34N4O2. The number of H-pyrrole nitrogens is 1. The number of hydrogen-bond donors (Lipinski definition) is 1. The van der Waals surface area contributed by atoms with Crippen molar-refractivity contribution in [2.45, 2.75) is 56.8 Å². The summed E-state index contributed by atoms with van der Waals surface area (Å²) in [4.78, 5) is 31.3. The minimum Gasteiger partial charge on any atom is -0.341 e. The molecule has 0 bridgehead atoms. The zero-order valence-corrected chi connectivity index (χ0v) is 20.5. The highest BCUT2D eigenvalue weighted by Gasteiger charge is 2.45. The lowest BCUT2D eigenvalue weighted by atomic mass is 9.68. The van der Waals surface area contributed by atoms with E-state index in [-0.39, 0.29) is 17.7 Å². The number of anilines is 1. The van der Waals surface area contributed by atoms with Crippen molar-refractivity contribution in [2.75, 3.05) is 24.5 Å². The van der Waals surface area contributed by atoms with E-state index in [1.165, 1.54) is 6.42 Å². The number of rotatable bonds is 6. The number of aromatic nitrogens is 2. The Morgan fingerprint density at radius 1 is 1.03 bits per heavy atom. The van der Waals surface area contributed by atoms with Crippen LogP contribution in [0.5, 0.6) is 0 Å². The first-order valence-corrected chi connectivity index (χ1v) is 12.9. The molecule has 0 spiro atoms. The summed E-state index contributed by atoms with van der Waals surface area (Å²) in [6.07, 6.45) is 7.66. The second-order valence-corrected chi connectivity index (χ2v) is 9.83. The molecule has 1 atom stereocenters. The van der Waals surface area contributed by atoms with Crippen molar-refractivity contribution >= 4 is 17.5 Å². The zero-order chi connectivity index (χ0) is 24.3. The van der Waals surface area contributed by atoms with Gasteiger partial charge in [0, 0.05) is 31.2 Å². The van der Waals surface area contributed by atoms with Crippen LogP contribution in [-0.2, 0) is 10.2 Å². The van der Waals surface area contributed by atoms with Gasteiger partial charge >= 0.3 is 0 Å². The molecule has 1 aliphatic heterocycles. The van der Waals surface area contributed by atoms with Crippen LogP contribution >= 0.6 is 0 Å². The van der Waals surface area contributed by atoms with Gasteiger partial charge in [-0.2, -0.15) is 5.10 Å². The smallest absolute Gasteiger partial charge is 0.261 e. The summed E-state index contributed by atoms with van der Waals surface area (Å²) in [6, 6.07) is 20.1. The maximum absolute atomic E-state index is 14.0. The first-order chi connectivity index (χ1) is 17.1. The number of nitrogens with one attached hydrogen (secondary N) is 1. The lowest BCUT2D eigenvalue weighted by Gasteiger charge is -2.39. The van der Waals surface area contributed by atoms with Crippen LogP contribution in [0, 0.1) is 0 Å². The van der Waals surface area contributed by atoms with Gasteiger partial charge in [0.2, 0.25) is 5.91 Å². The number of nitrogens with zero attached hydrogens (tertiary/aromatic N) is 3. The maximum atomic E-state index is 14.0. The molecule has 2 aliphatic rings. The van der Waals surface area contributed by atoms with E-state index in [0.717, 1.165) is 49.0 Å². The predicted molar refractivity (Wildman–Crippen MR) is 138 cm³/mol. The third-order valence-electron chi connectivity index (χ3n) is 7.86. The first-order valence-electron chi connectivity index (χ1n) is 12.9. The highest BCUT2D eigenvalue weighted by Crippen LogP contribution is 2.42. The van der Waals surface area contributed by atoms with E-state index in [1.807, 2.05) is 60.4 Å². The number of carbonyl (C=O) groups excluding carboxylic acids is 2. The number of aromatic amines is 1. The van der Waals surface area contributed by atoms with Gasteiger partial charge in [-0.3, -0.25) is 14.7 Å². The Morgan fingerprint density at radius 3 is 2.40 bits per heavy atom. The average molecular weight is 471 g/mol. The van der Waals surface area contributed by atoms with E-state index in [1.54, 1.807) is 11.1 Å². The molecule has 2 fully saturated rings. The molecule has 1 saturated heterocycles. The number of benzene rings is 2. The van der Waals surface area contributed by atoms with Crippen molar-refractivity contribution in [2.24, 2.45) is 0 Å². The first kappa shape index (κ1) is 23.3. The highest BCUT2D eigenvalue weighted by atomic mass is 16.2. The molecule has 35 heavy (non-hydrogen) atoms. The van der Waals surface area contributed by atoms with Crippen LogP contribution in [0.1, 0.15) is 73.0 Å². The van der Waals surface area contributed by atoms with Gasteiger partial charge in [0.25, 0.3) is 5.91 Å². The van der Waals surface area contributed by atoms with Gasteiger partial charge in [-0.15, -0.1) is 0 Å². The second-order valence-electron chi connectivity index (χ2n) is 9.83. The summed E-state index contributed by atoms with van der Waals surface area (Å²) >= 11 is 0. The van der Waals surface area contributed by atoms with Crippen LogP contribution in [0.25, 0.3) is 0 Å². The number of amides is 2. The van der Waals surface area contributed by atoms with Crippen molar-refractivity contribution in [3.05, 3.63) is 83.7 Å². The van der Waals surface area contributed by atoms with E-state index in [2.05, 4.69) is 22.3 Å². The summed E-state index contributed by atoms with van der Waals surface area (Å²) in [6.45, 7) is 3.88. The summed E-state index contributed by atoms with van der Waals surface area (Å²) in [7, 11) is 0. The van der Waals surface area contributed by atoms with Crippen LogP contribution in [0.3, 0.4) is 0 Å². The number of carbonyl (C=O) groups is 2. The van der Waals surface area contributed by atoms with Crippen molar-refractivity contribution in [1.82, 2.24) is 15.1 Å². The van der Waals surface area contributed by atoms with Crippen molar-refractivity contribution < 1.29 is 9.59 Å². The molecule has 1 saturated carbocycles. The van der Waals surface area contributed by atoms with Gasteiger partial charge in [-0.25, -0.2) is 0 Å². The normalized spacial score (nSPS) is 19.5. The third-order valence-corrected chi connectivity index (χ3v) is 7.86. The Morgan fingerprint density at radius 2 is 1.71 bits per heavy atom. The standard InChI is InChI=1S/C29H34N4O2/c1-2-33(24-14-8-4-9-15-24)27(34)25-20-30-31-26(25)22-16-19-32(21-22)28(35)29(17-10-5-11-18-29)23-12-6-3-7-13-23/h3-4,6-9,12-15,20,22H,2,5,10-11,16-19,21H2,1H3,(H,30,31)/t22-/m1/s1. The van der Waals surface area contributed by atoms with Gasteiger partial charge in [0.05, 0.1) is 22.9 Å². The van der Waals surface area contributed by atoms with Gasteiger partial charge in [0.1, 0.15) is 0 Å². The molecule has 6 nitrogen and oxygen atoms in total. The Hall–Kier alpha value is -3.41. The van der Waals surface area contributed by atoms with E-state index in [9.17, 15) is 9.59 Å². The molecule has 2 aromatic carbocycles. The van der Waals surface area contributed by atoms with E-state index >= 15 is 0 Å². The lowest BCUT2D eigenvalue weighted by molar-refractivity contribution is -0.137. The Balaban J connectivity index is 1.36. The molecule has 2 amide bonds. The second kappa shape index (κ2) is 10.1. The summed E-state index contributed by atoms with van der Waals surface area (Å²) in [5.74, 6) is 0.268. The molecular weight excluding hydrogens is 436 g/mol. The summed E-state index contributed by atoms with van der Waals surface area (Å²) in [5.41, 5.74) is 3.04. The SMILES string of the molecule is CCN(C(=O)c1cn[nH]c1[C@@H]1CCN(C(=O)C2(c3ccccc3)CCCCC2)C1)c1ccccc1. The number of para-hydroxylation sites is 1. The quantitative estimate of drug-likeness (QED) is 0.532. The molecule has 182 valence electrons. The summed E-state index contributed by atoms with van der Waals surface area (Å²) in [5, 5.41) is 7.35. The van der Waals surface area contributed by atoms with Crippen molar-refractivity contribution in [3.8, 4) is 0 Å². The molecule has 5 rings (SSSR count). The van der Waals surface area contributed by atoms with Crippen molar-refractivity contribution in [3.63, 3.8) is 0 Å². The van der Waals surface area contributed by atoms with Crippen LogP contribution in [-0.4, -0.2) is 46.5 Å². The molecule has 1 aromatic heterocycles. The predicted octanol–water partition coefficient (Wildman–Crippen LogP) is 5.29. The fourth-order valence-electron chi connectivity index (χ4n) is 6.00. The topological polar surface area (TPSA) is 69.3 Å².